The Balaban J connectivity index is 1.71. The van der Waals surface area contributed by atoms with Crippen molar-refractivity contribution >= 4 is 44.1 Å². The van der Waals surface area contributed by atoms with Gasteiger partial charge >= 0.3 is 0 Å². The van der Waals surface area contributed by atoms with Gasteiger partial charge in [-0.15, -0.1) is 0 Å². The summed E-state index contributed by atoms with van der Waals surface area (Å²) in [6, 6.07) is 9.18. The van der Waals surface area contributed by atoms with Crippen molar-refractivity contribution < 1.29 is 13.2 Å². The summed E-state index contributed by atoms with van der Waals surface area (Å²) < 4.78 is 28.5. The Labute approximate surface area is 191 Å². The van der Waals surface area contributed by atoms with Crippen LogP contribution in [0.1, 0.15) is 41.6 Å². The standard InChI is InChI=1S/C23H24ClN3O4S/c1-15-19(24)7-6-8-20(15)26-32(30,31)16-9-10-21-17(13-16)22(28)18(14-25-21)23(29)27-11-4-2-3-5-12-27/h6-10,13-14,26H,2-5,11-12H2,1H3,(H,25,28). The van der Waals surface area contributed by atoms with E-state index in [1.165, 1.54) is 24.4 Å². The Morgan fingerprint density at radius 2 is 1.81 bits per heavy atom. The summed E-state index contributed by atoms with van der Waals surface area (Å²) in [6.07, 6.45) is 5.37. The minimum atomic E-state index is -3.98. The summed E-state index contributed by atoms with van der Waals surface area (Å²) in [4.78, 5) is 30.7. The molecule has 0 aliphatic carbocycles. The van der Waals surface area contributed by atoms with E-state index in [0.29, 0.717) is 34.9 Å². The number of carbonyl (C=O) groups excluding carboxylic acids is 1. The predicted molar refractivity (Wildman–Crippen MR) is 126 cm³/mol. The molecule has 1 aliphatic heterocycles. The number of fused-ring (bicyclic) bond motifs is 1. The highest BCUT2D eigenvalue weighted by molar-refractivity contribution is 7.92. The molecule has 2 N–H and O–H groups in total. The number of likely N-dealkylation sites (tertiary alicyclic amines) is 1. The fourth-order valence-electron chi connectivity index (χ4n) is 3.89. The SMILES string of the molecule is Cc1c(Cl)cccc1NS(=O)(=O)c1ccc2[nH]cc(C(=O)N3CCCCCC3)c(=O)c2c1. The lowest BCUT2D eigenvalue weighted by Crippen LogP contribution is -2.35. The van der Waals surface area contributed by atoms with Gasteiger partial charge in [0.05, 0.1) is 10.6 Å². The van der Waals surface area contributed by atoms with Gasteiger partial charge in [-0.2, -0.15) is 0 Å². The molecule has 1 aliphatic rings. The molecule has 1 aromatic heterocycles. The van der Waals surface area contributed by atoms with Crippen LogP contribution in [0.3, 0.4) is 0 Å². The van der Waals surface area contributed by atoms with Crippen molar-refractivity contribution in [2.45, 2.75) is 37.5 Å². The first-order valence-electron chi connectivity index (χ1n) is 10.5. The third-order valence-corrected chi connectivity index (χ3v) is 7.57. The topological polar surface area (TPSA) is 99.3 Å². The van der Waals surface area contributed by atoms with Crippen LogP contribution in [0.5, 0.6) is 0 Å². The molecular weight excluding hydrogens is 450 g/mol. The van der Waals surface area contributed by atoms with E-state index in [9.17, 15) is 18.0 Å². The van der Waals surface area contributed by atoms with Gasteiger partial charge in [-0.25, -0.2) is 8.42 Å². The summed E-state index contributed by atoms with van der Waals surface area (Å²) in [7, 11) is -3.98. The largest absolute Gasteiger partial charge is 0.360 e. The van der Waals surface area contributed by atoms with Crippen LogP contribution in [0.15, 0.2) is 52.3 Å². The highest BCUT2D eigenvalue weighted by Crippen LogP contribution is 2.26. The maximum Gasteiger partial charge on any atom is 0.261 e. The molecule has 1 saturated heterocycles. The number of benzene rings is 2. The van der Waals surface area contributed by atoms with E-state index in [1.54, 1.807) is 30.0 Å². The number of H-pyrrole nitrogens is 1. The summed E-state index contributed by atoms with van der Waals surface area (Å²) >= 11 is 6.09. The average molecular weight is 474 g/mol. The number of hydrogen-bond acceptors (Lipinski definition) is 4. The van der Waals surface area contributed by atoms with Gasteiger partial charge in [-0.1, -0.05) is 30.5 Å². The molecule has 168 valence electrons. The van der Waals surface area contributed by atoms with Crippen LogP contribution < -0.4 is 10.2 Å². The van der Waals surface area contributed by atoms with E-state index in [4.69, 9.17) is 11.6 Å². The highest BCUT2D eigenvalue weighted by Gasteiger charge is 2.22. The second-order valence-corrected chi connectivity index (χ2v) is 10.1. The van der Waals surface area contributed by atoms with Crippen molar-refractivity contribution in [3.05, 3.63) is 69.0 Å². The molecule has 2 heterocycles. The molecule has 0 spiro atoms. The number of pyridine rings is 1. The molecular formula is C23H24ClN3O4S. The number of nitrogens with zero attached hydrogens (tertiary/aromatic N) is 1. The van der Waals surface area contributed by atoms with Gasteiger partial charge in [0.15, 0.2) is 0 Å². The molecule has 4 rings (SSSR count). The first-order valence-corrected chi connectivity index (χ1v) is 12.4. The Morgan fingerprint density at radius 1 is 1.09 bits per heavy atom. The van der Waals surface area contributed by atoms with Gasteiger partial charge in [-0.05, 0) is 55.7 Å². The monoisotopic (exact) mass is 473 g/mol. The van der Waals surface area contributed by atoms with Gasteiger partial charge < -0.3 is 9.88 Å². The maximum atomic E-state index is 13.1. The molecule has 0 unspecified atom stereocenters. The number of sulfonamides is 1. The summed E-state index contributed by atoms with van der Waals surface area (Å²) in [5.74, 6) is -0.323. The highest BCUT2D eigenvalue weighted by atomic mass is 35.5. The molecule has 0 saturated carbocycles. The van der Waals surface area contributed by atoms with Gasteiger partial charge in [0.25, 0.3) is 15.9 Å². The van der Waals surface area contributed by atoms with Gasteiger partial charge in [0.1, 0.15) is 5.56 Å². The fraction of sp³-hybridized carbons (Fsp3) is 0.304. The molecule has 7 nitrogen and oxygen atoms in total. The van der Waals surface area contributed by atoms with Crippen LogP contribution in [0.2, 0.25) is 5.02 Å². The summed E-state index contributed by atoms with van der Waals surface area (Å²) in [5.41, 5.74) is 0.954. The first kappa shape index (κ1) is 22.4. The Bertz CT molecular complexity index is 1340. The lowest BCUT2D eigenvalue weighted by atomic mass is 10.1. The number of amides is 1. The third kappa shape index (κ3) is 4.38. The van der Waals surface area contributed by atoms with Crippen molar-refractivity contribution in [2.24, 2.45) is 0 Å². The lowest BCUT2D eigenvalue weighted by Gasteiger charge is -2.20. The van der Waals surface area contributed by atoms with Crippen LogP contribution in [0.4, 0.5) is 5.69 Å². The molecule has 9 heteroatoms. The van der Waals surface area contributed by atoms with E-state index >= 15 is 0 Å². The minimum absolute atomic E-state index is 0.0209. The van der Waals surface area contributed by atoms with E-state index in [2.05, 4.69) is 9.71 Å². The van der Waals surface area contributed by atoms with Gasteiger partial charge in [0, 0.05) is 35.2 Å². The normalized spacial score (nSPS) is 14.9. The van der Waals surface area contributed by atoms with E-state index in [1.807, 2.05) is 0 Å². The van der Waals surface area contributed by atoms with E-state index < -0.39 is 15.5 Å². The zero-order valence-electron chi connectivity index (χ0n) is 17.7. The Kier molecular flexibility index (Phi) is 6.26. The molecule has 32 heavy (non-hydrogen) atoms. The smallest absolute Gasteiger partial charge is 0.261 e. The number of nitrogens with one attached hydrogen (secondary N) is 2. The van der Waals surface area contributed by atoms with Crippen LogP contribution in [-0.2, 0) is 10.0 Å². The average Bonchev–Trinajstić information content (AvgIpc) is 3.06. The lowest BCUT2D eigenvalue weighted by molar-refractivity contribution is 0.0760. The molecule has 0 atom stereocenters. The Morgan fingerprint density at radius 3 is 2.53 bits per heavy atom. The number of hydrogen-bond donors (Lipinski definition) is 2. The molecule has 3 aromatic rings. The summed E-state index contributed by atoms with van der Waals surface area (Å²) in [5, 5.41) is 0.591. The van der Waals surface area contributed by atoms with Gasteiger partial charge in [0.2, 0.25) is 5.43 Å². The third-order valence-electron chi connectivity index (χ3n) is 5.80. The first-order chi connectivity index (χ1) is 15.3. The number of carbonyl (C=O) groups is 1. The van der Waals surface area contributed by atoms with Crippen molar-refractivity contribution in [1.82, 2.24) is 9.88 Å². The zero-order valence-corrected chi connectivity index (χ0v) is 19.2. The van der Waals surface area contributed by atoms with Crippen molar-refractivity contribution in [3.8, 4) is 0 Å². The molecule has 1 amide bonds. The van der Waals surface area contributed by atoms with Crippen molar-refractivity contribution in [3.63, 3.8) is 0 Å². The van der Waals surface area contributed by atoms with Gasteiger partial charge in [-0.3, -0.25) is 14.3 Å². The summed E-state index contributed by atoms with van der Waals surface area (Å²) in [6.45, 7) is 2.95. The maximum absolute atomic E-state index is 13.1. The minimum Gasteiger partial charge on any atom is -0.360 e. The Hall–Kier alpha value is -2.84. The van der Waals surface area contributed by atoms with E-state index in [-0.39, 0.29) is 21.8 Å². The molecule has 1 fully saturated rings. The van der Waals surface area contributed by atoms with Crippen LogP contribution in [0.25, 0.3) is 10.9 Å². The van der Waals surface area contributed by atoms with Crippen molar-refractivity contribution in [1.29, 1.82) is 0 Å². The number of halogens is 1. The number of aromatic amines is 1. The van der Waals surface area contributed by atoms with Crippen LogP contribution in [-0.4, -0.2) is 37.3 Å². The quantitative estimate of drug-likeness (QED) is 0.589. The van der Waals surface area contributed by atoms with Crippen LogP contribution in [0, 0.1) is 6.92 Å². The second kappa shape index (κ2) is 8.96. The number of aromatic nitrogens is 1. The predicted octanol–water partition coefficient (Wildman–Crippen LogP) is 4.31. The fourth-order valence-corrected chi connectivity index (χ4v) is 5.21. The molecule has 0 radical (unpaired) electrons. The van der Waals surface area contributed by atoms with Crippen LogP contribution >= 0.6 is 11.6 Å². The van der Waals surface area contributed by atoms with Crippen molar-refractivity contribution in [2.75, 3.05) is 17.8 Å². The number of anilines is 1. The molecule has 0 bridgehead atoms. The molecule has 2 aromatic carbocycles. The second-order valence-electron chi connectivity index (χ2n) is 7.96. The number of rotatable bonds is 4. The zero-order chi connectivity index (χ0) is 22.9. The van der Waals surface area contributed by atoms with E-state index in [0.717, 1.165) is 25.7 Å².